The van der Waals surface area contributed by atoms with Crippen molar-refractivity contribution in [2.45, 2.75) is 6.10 Å². The molecule has 0 spiro atoms. The van der Waals surface area contributed by atoms with E-state index in [9.17, 15) is 9.59 Å². The number of anilines is 1. The number of halogens is 1. The molecule has 1 saturated heterocycles. The number of hydrogen-bond donors (Lipinski definition) is 2. The van der Waals surface area contributed by atoms with Crippen LogP contribution in [0.5, 0.6) is 5.75 Å². The molecule has 3 rings (SSSR count). The van der Waals surface area contributed by atoms with Gasteiger partial charge in [0.1, 0.15) is 17.5 Å². The van der Waals surface area contributed by atoms with Gasteiger partial charge in [0.2, 0.25) is 0 Å². The van der Waals surface area contributed by atoms with E-state index in [1.54, 1.807) is 35.2 Å². The maximum absolute atomic E-state index is 12.1. The normalized spacial score (nSPS) is 14.0. The quantitative estimate of drug-likeness (QED) is 0.886. The first kappa shape index (κ1) is 16.1. The highest BCUT2D eigenvalue weighted by atomic mass is 35.5. The van der Waals surface area contributed by atoms with E-state index in [1.165, 1.54) is 12.3 Å². The maximum atomic E-state index is 12.1. The van der Waals surface area contributed by atoms with E-state index in [0.717, 1.165) is 0 Å². The highest BCUT2D eigenvalue weighted by Gasteiger charge is 2.32. The molecule has 0 radical (unpaired) electrons. The Morgan fingerprint density at radius 3 is 2.79 bits per heavy atom. The average molecular weight is 347 g/mol. The molecule has 3 N–H and O–H groups in total. The van der Waals surface area contributed by atoms with Crippen LogP contribution >= 0.6 is 11.6 Å². The summed E-state index contributed by atoms with van der Waals surface area (Å²) in [7, 11) is 0. The van der Waals surface area contributed by atoms with Gasteiger partial charge in [-0.15, -0.1) is 0 Å². The fourth-order valence-corrected chi connectivity index (χ4v) is 2.45. The van der Waals surface area contributed by atoms with Gasteiger partial charge in [-0.1, -0.05) is 17.7 Å². The molecule has 124 valence electrons. The minimum absolute atomic E-state index is 0.141. The van der Waals surface area contributed by atoms with E-state index < -0.39 is 5.91 Å². The van der Waals surface area contributed by atoms with Crippen LogP contribution in [0, 0.1) is 0 Å². The zero-order chi connectivity index (χ0) is 17.1. The Kier molecular flexibility index (Phi) is 4.52. The van der Waals surface area contributed by atoms with Gasteiger partial charge in [0, 0.05) is 23.0 Å². The number of aromatic nitrogens is 1. The molecule has 0 bridgehead atoms. The number of amides is 3. The Bertz CT molecular complexity index is 777. The van der Waals surface area contributed by atoms with Gasteiger partial charge in [-0.2, -0.15) is 0 Å². The number of carbonyl (C=O) groups is 2. The summed E-state index contributed by atoms with van der Waals surface area (Å²) in [6.07, 6.45) is 1.32. The molecule has 24 heavy (non-hydrogen) atoms. The minimum atomic E-state index is -0.614. The number of likely N-dealkylation sites (tertiary alicyclic amines) is 1. The molecule has 1 fully saturated rings. The third-order valence-electron chi connectivity index (χ3n) is 3.50. The molecule has 0 saturated carbocycles. The van der Waals surface area contributed by atoms with Crippen LogP contribution < -0.4 is 15.8 Å². The number of nitrogens with zero attached hydrogens (tertiary/aromatic N) is 2. The third kappa shape index (κ3) is 3.75. The van der Waals surface area contributed by atoms with Crippen molar-refractivity contribution in [1.82, 2.24) is 9.88 Å². The first-order valence-corrected chi connectivity index (χ1v) is 7.63. The summed E-state index contributed by atoms with van der Waals surface area (Å²) in [5.74, 6) is -0.115. The summed E-state index contributed by atoms with van der Waals surface area (Å²) < 4.78 is 5.70. The summed E-state index contributed by atoms with van der Waals surface area (Å²) in [6.45, 7) is 0.890. The van der Waals surface area contributed by atoms with E-state index in [-0.39, 0.29) is 17.8 Å². The van der Waals surface area contributed by atoms with Crippen LogP contribution in [0.25, 0.3) is 0 Å². The summed E-state index contributed by atoms with van der Waals surface area (Å²) in [6, 6.07) is 9.84. The van der Waals surface area contributed by atoms with Crippen LogP contribution in [0.1, 0.15) is 10.5 Å². The SMILES string of the molecule is NC(=O)c1cc(OC2CN(C(=O)Nc3cccc(Cl)c3)C2)ccn1. The van der Waals surface area contributed by atoms with E-state index in [0.29, 0.717) is 29.5 Å². The number of nitrogens with one attached hydrogen (secondary N) is 1. The number of carbonyl (C=O) groups excluding carboxylic acids is 2. The number of primary amides is 1. The second-order valence-corrected chi connectivity index (χ2v) is 5.76. The number of pyridine rings is 1. The van der Waals surface area contributed by atoms with Gasteiger partial charge >= 0.3 is 6.03 Å². The Hall–Kier alpha value is -2.80. The monoisotopic (exact) mass is 346 g/mol. The predicted octanol–water partition coefficient (Wildman–Crippen LogP) is 2.13. The largest absolute Gasteiger partial charge is 0.487 e. The van der Waals surface area contributed by atoms with Crippen molar-refractivity contribution in [2.75, 3.05) is 18.4 Å². The molecule has 1 aromatic heterocycles. The molecule has 2 heterocycles. The van der Waals surface area contributed by atoms with Crippen LogP contribution in [-0.2, 0) is 0 Å². The maximum Gasteiger partial charge on any atom is 0.322 e. The first-order chi connectivity index (χ1) is 11.5. The lowest BCUT2D eigenvalue weighted by atomic mass is 10.2. The fraction of sp³-hybridized carbons (Fsp3) is 0.188. The molecular weight excluding hydrogens is 332 g/mol. The lowest BCUT2D eigenvalue weighted by molar-refractivity contribution is 0.0491. The van der Waals surface area contributed by atoms with Crippen molar-refractivity contribution in [3.05, 3.63) is 53.3 Å². The molecule has 1 aliphatic heterocycles. The van der Waals surface area contributed by atoms with Crippen LogP contribution in [0.3, 0.4) is 0 Å². The van der Waals surface area contributed by atoms with Crippen molar-refractivity contribution >= 4 is 29.2 Å². The zero-order valence-corrected chi connectivity index (χ0v) is 13.4. The van der Waals surface area contributed by atoms with E-state index in [4.69, 9.17) is 22.1 Å². The molecule has 1 aliphatic rings. The van der Waals surface area contributed by atoms with Gasteiger partial charge in [-0.3, -0.25) is 9.78 Å². The van der Waals surface area contributed by atoms with Crippen LogP contribution in [0.15, 0.2) is 42.6 Å². The van der Waals surface area contributed by atoms with Crippen LogP contribution in [-0.4, -0.2) is 41.0 Å². The molecule has 0 atom stereocenters. The predicted molar refractivity (Wildman–Crippen MR) is 89.2 cm³/mol. The van der Waals surface area contributed by atoms with Crippen LogP contribution in [0.4, 0.5) is 10.5 Å². The molecule has 7 nitrogen and oxygen atoms in total. The summed E-state index contributed by atoms with van der Waals surface area (Å²) in [5.41, 5.74) is 5.96. The van der Waals surface area contributed by atoms with E-state index in [1.807, 2.05) is 0 Å². The molecule has 1 aromatic carbocycles. The second-order valence-electron chi connectivity index (χ2n) is 5.33. The Morgan fingerprint density at radius 2 is 2.08 bits per heavy atom. The van der Waals surface area contributed by atoms with Crippen molar-refractivity contribution in [3.63, 3.8) is 0 Å². The minimum Gasteiger partial charge on any atom is -0.487 e. The zero-order valence-electron chi connectivity index (χ0n) is 12.6. The molecule has 3 amide bonds. The van der Waals surface area contributed by atoms with Crippen molar-refractivity contribution in [2.24, 2.45) is 5.73 Å². The average Bonchev–Trinajstić information content (AvgIpc) is 2.50. The highest BCUT2D eigenvalue weighted by molar-refractivity contribution is 6.30. The van der Waals surface area contributed by atoms with Crippen LogP contribution in [0.2, 0.25) is 5.02 Å². The molecular formula is C16H15ClN4O3. The summed E-state index contributed by atoms with van der Waals surface area (Å²) in [4.78, 5) is 28.6. The van der Waals surface area contributed by atoms with Crippen molar-refractivity contribution in [3.8, 4) is 5.75 Å². The standard InChI is InChI=1S/C16H15ClN4O3/c17-10-2-1-3-11(6-10)20-16(23)21-8-13(9-21)24-12-4-5-19-14(7-12)15(18)22/h1-7,13H,8-9H2,(H2,18,22)(H,20,23). The van der Waals surface area contributed by atoms with Gasteiger partial charge in [0.15, 0.2) is 0 Å². The van der Waals surface area contributed by atoms with Gasteiger partial charge in [0.05, 0.1) is 13.1 Å². The first-order valence-electron chi connectivity index (χ1n) is 7.25. The molecule has 0 aliphatic carbocycles. The second kappa shape index (κ2) is 6.76. The van der Waals surface area contributed by atoms with Gasteiger partial charge in [-0.25, -0.2) is 4.79 Å². The highest BCUT2D eigenvalue weighted by Crippen LogP contribution is 2.20. The van der Waals surface area contributed by atoms with E-state index >= 15 is 0 Å². The van der Waals surface area contributed by atoms with Gasteiger partial charge in [0.25, 0.3) is 5.91 Å². The van der Waals surface area contributed by atoms with Gasteiger partial charge < -0.3 is 20.7 Å². The van der Waals surface area contributed by atoms with Gasteiger partial charge in [-0.05, 0) is 24.3 Å². The Morgan fingerprint density at radius 1 is 1.29 bits per heavy atom. The lowest BCUT2D eigenvalue weighted by Crippen LogP contribution is -2.57. The number of hydrogen-bond acceptors (Lipinski definition) is 4. The topological polar surface area (TPSA) is 97.6 Å². The number of urea groups is 1. The summed E-state index contributed by atoms with van der Waals surface area (Å²) in [5, 5.41) is 3.33. The Labute approximate surface area is 143 Å². The number of nitrogens with two attached hydrogens (primary N) is 1. The lowest BCUT2D eigenvalue weighted by Gasteiger charge is -2.38. The molecule has 0 unspecified atom stereocenters. The molecule has 8 heteroatoms. The summed E-state index contributed by atoms with van der Waals surface area (Å²) >= 11 is 5.88. The number of rotatable bonds is 4. The molecule has 2 aromatic rings. The fourth-order valence-electron chi connectivity index (χ4n) is 2.26. The third-order valence-corrected chi connectivity index (χ3v) is 3.73. The van der Waals surface area contributed by atoms with Crippen molar-refractivity contribution < 1.29 is 14.3 Å². The number of ether oxygens (including phenoxy) is 1. The van der Waals surface area contributed by atoms with Crippen molar-refractivity contribution in [1.29, 1.82) is 0 Å². The number of benzene rings is 1. The Balaban J connectivity index is 1.51. The van der Waals surface area contributed by atoms with E-state index in [2.05, 4.69) is 10.3 Å². The smallest absolute Gasteiger partial charge is 0.322 e.